The first-order chi connectivity index (χ1) is 15.6. The maximum Gasteiger partial charge on any atom is 0.424 e. The van der Waals surface area contributed by atoms with Crippen LogP contribution in [-0.2, 0) is 33.7 Å². The fraction of sp³-hybridized carbons (Fsp3) is 0.381. The molecule has 1 aromatic heterocycles. The fourth-order valence-corrected chi connectivity index (χ4v) is 4.06. The van der Waals surface area contributed by atoms with Crippen molar-refractivity contribution in [3.63, 3.8) is 0 Å². The third-order valence-corrected chi connectivity index (χ3v) is 5.83. The van der Waals surface area contributed by atoms with Gasteiger partial charge in [0.1, 0.15) is 23.3 Å². The van der Waals surface area contributed by atoms with Gasteiger partial charge in [-0.3, -0.25) is 4.79 Å². The summed E-state index contributed by atoms with van der Waals surface area (Å²) in [4.78, 5) is 25.6. The number of amides is 1. The quantitative estimate of drug-likeness (QED) is 0.409. The molecule has 1 N–H and O–H groups in total. The fourth-order valence-electron chi connectivity index (χ4n) is 3.46. The third kappa shape index (κ3) is 5.67. The zero-order valence-electron chi connectivity index (χ0n) is 17.6. The minimum absolute atomic E-state index is 0.185. The lowest BCUT2D eigenvalue weighted by Crippen LogP contribution is -2.31. The van der Waals surface area contributed by atoms with Gasteiger partial charge in [-0.2, -0.15) is 13.2 Å². The monoisotopic (exact) mass is 531 g/mol. The molecule has 178 valence electrons. The van der Waals surface area contributed by atoms with Crippen LogP contribution in [0.15, 0.2) is 35.1 Å². The Morgan fingerprint density at radius 1 is 1.24 bits per heavy atom. The van der Waals surface area contributed by atoms with Crippen molar-refractivity contribution in [2.75, 3.05) is 20.2 Å². The summed E-state index contributed by atoms with van der Waals surface area (Å²) in [6.45, 7) is 0.357. The Bertz CT molecular complexity index is 1060. The van der Waals surface area contributed by atoms with E-state index in [0.29, 0.717) is 18.7 Å². The van der Waals surface area contributed by atoms with E-state index < -0.39 is 34.8 Å². The highest BCUT2D eigenvalue weighted by atomic mass is 79.9. The minimum atomic E-state index is -4.80. The van der Waals surface area contributed by atoms with E-state index in [4.69, 9.17) is 9.47 Å². The summed E-state index contributed by atoms with van der Waals surface area (Å²) in [7, 11) is 1.28. The van der Waals surface area contributed by atoms with Gasteiger partial charge in [0.25, 0.3) is 0 Å². The van der Waals surface area contributed by atoms with E-state index in [1.54, 1.807) is 17.0 Å². The van der Waals surface area contributed by atoms with E-state index in [2.05, 4.69) is 21.0 Å². The summed E-state index contributed by atoms with van der Waals surface area (Å²) in [5, 5.41) is 13.3. The number of aromatic nitrogens is 2. The van der Waals surface area contributed by atoms with E-state index in [-0.39, 0.29) is 23.6 Å². The molecule has 1 saturated heterocycles. The van der Waals surface area contributed by atoms with Crippen molar-refractivity contribution in [2.24, 2.45) is 0 Å². The maximum absolute atomic E-state index is 13.7. The molecule has 0 radical (unpaired) electrons. The van der Waals surface area contributed by atoms with Crippen LogP contribution in [0.3, 0.4) is 0 Å². The number of ether oxygens (including phenoxy) is 2. The topological polar surface area (TPSA) is 93.9 Å². The molecule has 0 unspecified atom stereocenters. The van der Waals surface area contributed by atoms with E-state index in [9.17, 15) is 27.9 Å². The van der Waals surface area contributed by atoms with Crippen molar-refractivity contribution in [1.29, 1.82) is 0 Å². The highest BCUT2D eigenvalue weighted by Crippen LogP contribution is 2.41. The van der Waals surface area contributed by atoms with Crippen LogP contribution in [0.25, 0.3) is 5.57 Å². The summed E-state index contributed by atoms with van der Waals surface area (Å²) in [5.41, 5.74) is -0.797. The number of aliphatic carboxylic acids is 1. The van der Waals surface area contributed by atoms with Gasteiger partial charge in [-0.15, -0.1) is 5.10 Å². The Labute approximate surface area is 195 Å². The average molecular weight is 532 g/mol. The van der Waals surface area contributed by atoms with Crippen molar-refractivity contribution in [3.05, 3.63) is 51.8 Å². The van der Waals surface area contributed by atoms with Gasteiger partial charge in [-0.05, 0) is 39.9 Å². The van der Waals surface area contributed by atoms with Crippen molar-refractivity contribution in [3.8, 4) is 5.88 Å². The number of methoxy groups -OCH3 is 1. The van der Waals surface area contributed by atoms with E-state index in [0.717, 1.165) is 23.8 Å². The molecule has 0 aliphatic carbocycles. The van der Waals surface area contributed by atoms with Crippen molar-refractivity contribution in [2.45, 2.75) is 32.2 Å². The average Bonchev–Trinajstić information content (AvgIpc) is 3.39. The number of nitrogens with zero attached hydrogens (tertiary/aromatic N) is 3. The minimum Gasteiger partial charge on any atom is -0.503 e. The maximum atomic E-state index is 13.7. The predicted octanol–water partition coefficient (Wildman–Crippen LogP) is 3.94. The van der Waals surface area contributed by atoms with Gasteiger partial charge in [0.15, 0.2) is 5.56 Å². The first-order valence-corrected chi connectivity index (χ1v) is 10.7. The second kappa shape index (κ2) is 10.3. The first-order valence-electron chi connectivity index (χ1n) is 9.92. The van der Waals surface area contributed by atoms with E-state index in [1.807, 2.05) is 0 Å². The molecule has 12 heteroatoms. The summed E-state index contributed by atoms with van der Waals surface area (Å²) >= 11 is 2.90. The summed E-state index contributed by atoms with van der Waals surface area (Å²) in [5.74, 6) is -2.32. The lowest BCUT2D eigenvalue weighted by molar-refractivity contribution is -0.140. The van der Waals surface area contributed by atoms with Gasteiger partial charge in [0.2, 0.25) is 11.8 Å². The van der Waals surface area contributed by atoms with E-state index >= 15 is 0 Å². The van der Waals surface area contributed by atoms with Crippen LogP contribution in [0.2, 0.25) is 0 Å². The Morgan fingerprint density at radius 3 is 2.52 bits per heavy atom. The normalized spacial score (nSPS) is 14.5. The highest BCUT2D eigenvalue weighted by molar-refractivity contribution is 9.10. The van der Waals surface area contributed by atoms with Gasteiger partial charge >= 0.3 is 12.1 Å². The number of halogens is 4. The zero-order valence-corrected chi connectivity index (χ0v) is 19.1. The predicted molar refractivity (Wildman–Crippen MR) is 114 cm³/mol. The lowest BCUT2D eigenvalue weighted by atomic mass is 10.0. The Morgan fingerprint density at radius 2 is 1.91 bits per heavy atom. The molecule has 33 heavy (non-hydrogen) atoms. The molecule has 1 fully saturated rings. The van der Waals surface area contributed by atoms with Crippen LogP contribution in [0, 0.1) is 0 Å². The number of carboxylic acid groups (broad SMARTS) is 1. The molecule has 0 bridgehead atoms. The molecule has 8 nitrogen and oxygen atoms in total. The SMILES string of the molecule is CO/C=C(/C(=O)O)c1ccccc1COc1nn(CC(=O)N2CCCC2)c(Br)c1C(F)(F)F. The summed E-state index contributed by atoms with van der Waals surface area (Å²) in [6, 6.07) is 6.20. The molecule has 3 rings (SSSR count). The molecule has 1 amide bonds. The number of rotatable bonds is 8. The largest absolute Gasteiger partial charge is 0.503 e. The molecular formula is C21H21BrF3N3O5. The number of hydrogen-bond donors (Lipinski definition) is 1. The number of benzene rings is 1. The molecule has 2 heterocycles. The number of likely N-dealkylation sites (tertiary alicyclic amines) is 1. The highest BCUT2D eigenvalue weighted by Gasteiger charge is 2.41. The Hall–Kier alpha value is -3.02. The van der Waals surface area contributed by atoms with Crippen LogP contribution in [0.4, 0.5) is 13.2 Å². The van der Waals surface area contributed by atoms with Crippen LogP contribution in [0.1, 0.15) is 29.5 Å². The third-order valence-electron chi connectivity index (χ3n) is 5.02. The number of alkyl halides is 3. The summed E-state index contributed by atoms with van der Waals surface area (Å²) in [6.07, 6.45) is -2.07. The van der Waals surface area contributed by atoms with E-state index in [1.165, 1.54) is 19.2 Å². The van der Waals surface area contributed by atoms with Gasteiger partial charge in [-0.25, -0.2) is 9.48 Å². The second-order valence-electron chi connectivity index (χ2n) is 7.23. The number of carboxylic acids is 1. The number of carbonyl (C=O) groups excluding carboxylic acids is 1. The Kier molecular flexibility index (Phi) is 7.67. The number of carbonyl (C=O) groups is 2. The van der Waals surface area contributed by atoms with Crippen LogP contribution >= 0.6 is 15.9 Å². The molecule has 1 aromatic carbocycles. The zero-order chi connectivity index (χ0) is 24.2. The smallest absolute Gasteiger partial charge is 0.424 e. The first kappa shape index (κ1) is 24.6. The molecule has 1 aliphatic heterocycles. The van der Waals surface area contributed by atoms with Crippen LogP contribution < -0.4 is 4.74 Å². The van der Waals surface area contributed by atoms with Gasteiger partial charge < -0.3 is 19.5 Å². The molecule has 1 aliphatic rings. The van der Waals surface area contributed by atoms with Crippen LogP contribution in [-0.4, -0.2) is 51.9 Å². The Balaban J connectivity index is 1.89. The van der Waals surface area contributed by atoms with Gasteiger partial charge in [0, 0.05) is 13.1 Å². The van der Waals surface area contributed by atoms with Gasteiger partial charge in [-0.1, -0.05) is 24.3 Å². The van der Waals surface area contributed by atoms with Crippen LogP contribution in [0.5, 0.6) is 5.88 Å². The van der Waals surface area contributed by atoms with Crippen molar-refractivity contribution in [1.82, 2.24) is 14.7 Å². The molecular weight excluding hydrogens is 511 g/mol. The lowest BCUT2D eigenvalue weighted by Gasteiger charge is -2.15. The van der Waals surface area contributed by atoms with Crippen molar-refractivity contribution >= 4 is 33.4 Å². The van der Waals surface area contributed by atoms with Crippen molar-refractivity contribution < 1.29 is 37.3 Å². The van der Waals surface area contributed by atoms with Gasteiger partial charge in [0.05, 0.1) is 13.4 Å². The number of hydrogen-bond acceptors (Lipinski definition) is 5. The summed E-state index contributed by atoms with van der Waals surface area (Å²) < 4.78 is 51.9. The standard InChI is InChI=1S/C21H21BrF3N3O5/c1-32-12-15(20(30)31)14-7-3-2-6-13(14)11-33-19-17(21(23,24)25)18(22)28(26-19)10-16(29)27-8-4-5-9-27/h2-3,6-7,12H,4-5,8-11H2,1H3,(H,30,31)/b15-12+. The molecule has 0 saturated carbocycles. The second-order valence-corrected chi connectivity index (χ2v) is 7.98. The molecule has 0 atom stereocenters. The molecule has 2 aromatic rings. The molecule has 0 spiro atoms.